The first kappa shape index (κ1) is 28.6. The predicted molar refractivity (Wildman–Crippen MR) is 182 cm³/mol. The van der Waals surface area contributed by atoms with Gasteiger partial charge in [-0.25, -0.2) is 24.7 Å². The number of aromatic nitrogens is 7. The van der Waals surface area contributed by atoms with Gasteiger partial charge in [0, 0.05) is 29.6 Å². The monoisotopic (exact) mass is 644 g/mol. The number of fused-ring (bicyclic) bond motifs is 3. The number of carboxylic acid groups (broad SMARTS) is 1. The molecule has 5 heterocycles. The van der Waals surface area contributed by atoms with Crippen LogP contribution in [0.4, 0.5) is 10.9 Å². The topological polar surface area (TPSA) is 124 Å². The summed E-state index contributed by atoms with van der Waals surface area (Å²) in [5.74, 6) is 2.22. The van der Waals surface area contributed by atoms with E-state index in [9.17, 15) is 9.90 Å². The van der Waals surface area contributed by atoms with Gasteiger partial charge < -0.3 is 10.4 Å². The number of carbonyl (C=O) groups is 1. The fraction of sp³-hybridized carbons (Fsp3) is 0.389. The number of anilines is 2. The second-order valence-corrected chi connectivity index (χ2v) is 15.2. The summed E-state index contributed by atoms with van der Waals surface area (Å²) in [5, 5.41) is 19.4. The third-order valence-electron chi connectivity index (χ3n) is 11.0. The normalized spacial score (nSPS) is 23.5. The number of carboxylic acids is 1. The molecule has 238 valence electrons. The number of para-hydroxylation sites is 1. The third-order valence-corrected chi connectivity index (χ3v) is 12.0. The van der Waals surface area contributed by atoms with Crippen LogP contribution in [0, 0.1) is 37.0 Å². The summed E-state index contributed by atoms with van der Waals surface area (Å²) < 4.78 is 5.03. The molecule has 4 saturated carbocycles. The Hall–Kier alpha value is -4.64. The second-order valence-electron chi connectivity index (χ2n) is 14.2. The van der Waals surface area contributed by atoms with E-state index in [1.54, 1.807) is 34.6 Å². The van der Waals surface area contributed by atoms with Crippen molar-refractivity contribution >= 4 is 49.6 Å². The van der Waals surface area contributed by atoms with Gasteiger partial charge >= 0.3 is 5.97 Å². The molecule has 2 N–H and O–H groups in total. The number of rotatable bonds is 7. The fourth-order valence-electron chi connectivity index (χ4n) is 9.17. The number of benzene rings is 1. The van der Waals surface area contributed by atoms with Gasteiger partial charge in [0.15, 0.2) is 10.8 Å². The Balaban J connectivity index is 1.03. The Kier molecular flexibility index (Phi) is 6.50. The van der Waals surface area contributed by atoms with Gasteiger partial charge in [-0.3, -0.25) is 9.25 Å². The summed E-state index contributed by atoms with van der Waals surface area (Å²) in [6.07, 6.45) is 16.3. The molecule has 0 aliphatic heterocycles. The molecule has 0 spiro atoms. The maximum absolute atomic E-state index is 12.8. The van der Waals surface area contributed by atoms with E-state index in [-0.39, 0.29) is 5.56 Å². The zero-order chi connectivity index (χ0) is 31.9. The van der Waals surface area contributed by atoms with Crippen LogP contribution in [0.3, 0.4) is 0 Å². The van der Waals surface area contributed by atoms with Crippen molar-refractivity contribution in [2.45, 2.75) is 65.3 Å². The lowest BCUT2D eigenvalue weighted by Crippen LogP contribution is -2.40. The van der Waals surface area contributed by atoms with E-state index in [1.807, 2.05) is 43.5 Å². The number of nitrogens with one attached hydrogen (secondary N) is 1. The van der Waals surface area contributed by atoms with Crippen molar-refractivity contribution in [3.63, 3.8) is 0 Å². The lowest BCUT2D eigenvalue weighted by molar-refractivity contribution is 0.0169. The molecule has 0 radical (unpaired) electrons. The summed E-state index contributed by atoms with van der Waals surface area (Å²) in [5.41, 5.74) is 6.19. The number of thiazole rings is 1. The van der Waals surface area contributed by atoms with Gasteiger partial charge in [0.25, 0.3) is 0 Å². The van der Waals surface area contributed by atoms with E-state index in [0.717, 1.165) is 62.2 Å². The van der Waals surface area contributed by atoms with E-state index in [1.165, 1.54) is 44.9 Å². The highest BCUT2D eigenvalue weighted by atomic mass is 32.1. The maximum Gasteiger partial charge on any atom is 0.338 e. The number of hydrogen-bond donors (Lipinski definition) is 2. The van der Waals surface area contributed by atoms with Crippen molar-refractivity contribution in [3.8, 4) is 16.8 Å². The molecule has 4 aliphatic carbocycles. The predicted octanol–water partition coefficient (Wildman–Crippen LogP) is 7.95. The first-order valence-electron chi connectivity index (χ1n) is 16.5. The lowest BCUT2D eigenvalue weighted by Gasteiger charge is -2.48. The minimum absolute atomic E-state index is 0.141. The average Bonchev–Trinajstić information content (AvgIpc) is 3.72. The first-order valence-corrected chi connectivity index (χ1v) is 17.4. The minimum atomic E-state index is -1.04. The molecule has 10 rings (SSSR count). The fourth-order valence-corrected chi connectivity index (χ4v) is 10.0. The van der Waals surface area contributed by atoms with Crippen LogP contribution in [0.5, 0.6) is 0 Å². The van der Waals surface area contributed by atoms with Crippen LogP contribution in [0.1, 0.15) is 66.6 Å². The number of aryl methyl sites for hydroxylation is 1. The molecule has 4 bridgehead atoms. The Labute approximate surface area is 275 Å². The van der Waals surface area contributed by atoms with Crippen LogP contribution < -0.4 is 5.32 Å². The smallest absolute Gasteiger partial charge is 0.338 e. The van der Waals surface area contributed by atoms with Crippen molar-refractivity contribution in [2.75, 3.05) is 5.32 Å². The summed E-state index contributed by atoms with van der Waals surface area (Å²) in [4.78, 5) is 31.5. The molecular weight excluding hydrogens is 609 g/mol. The Morgan fingerprint density at radius 1 is 1.00 bits per heavy atom. The molecule has 4 aliphatic rings. The summed E-state index contributed by atoms with van der Waals surface area (Å²) in [6, 6.07) is 10.0. The highest BCUT2D eigenvalue weighted by Crippen LogP contribution is 2.58. The number of pyridine rings is 2. The quantitative estimate of drug-likeness (QED) is 0.179. The van der Waals surface area contributed by atoms with E-state index in [0.29, 0.717) is 28.0 Å². The number of imidazole rings is 1. The van der Waals surface area contributed by atoms with Gasteiger partial charge in [0.2, 0.25) is 0 Å². The van der Waals surface area contributed by atoms with E-state index < -0.39 is 5.97 Å². The molecule has 1 aromatic carbocycles. The summed E-state index contributed by atoms with van der Waals surface area (Å²) >= 11 is 1.58. The van der Waals surface area contributed by atoms with Crippen LogP contribution >= 0.6 is 11.3 Å². The van der Waals surface area contributed by atoms with Gasteiger partial charge in [0.05, 0.1) is 33.9 Å². The molecule has 2 atom stereocenters. The maximum atomic E-state index is 12.8. The Morgan fingerprint density at radius 3 is 2.55 bits per heavy atom. The van der Waals surface area contributed by atoms with Crippen LogP contribution in [-0.4, -0.2) is 45.4 Å². The molecule has 0 saturated heterocycles. The van der Waals surface area contributed by atoms with Crippen molar-refractivity contribution < 1.29 is 9.90 Å². The number of hydrogen-bond acceptors (Lipinski definition) is 8. The molecule has 4 fully saturated rings. The lowest BCUT2D eigenvalue weighted by atomic mass is 9.58. The molecule has 2 unspecified atom stereocenters. The molecular formula is C36H36N8O2S. The van der Waals surface area contributed by atoms with Crippen molar-refractivity contribution in [1.82, 2.24) is 34.3 Å². The Morgan fingerprint density at radius 2 is 1.79 bits per heavy atom. The summed E-state index contributed by atoms with van der Waals surface area (Å²) in [7, 11) is 0. The SMILES string of the molecule is Cc1cc(-n2cnc3c(C(=O)O)c(-c4cnn(CC56CC7CCC(CC(C7)C5)C6)c4C)cnc32)cnc1Nc1nc2ccccc2s1. The van der Waals surface area contributed by atoms with Crippen LogP contribution in [-0.2, 0) is 6.54 Å². The minimum Gasteiger partial charge on any atom is -0.478 e. The van der Waals surface area contributed by atoms with E-state index in [4.69, 9.17) is 10.1 Å². The first-order chi connectivity index (χ1) is 22.8. The summed E-state index contributed by atoms with van der Waals surface area (Å²) in [6.45, 7) is 4.94. The molecule has 11 heteroatoms. The van der Waals surface area contributed by atoms with Crippen LogP contribution in [0.25, 0.3) is 38.2 Å². The van der Waals surface area contributed by atoms with Crippen LogP contribution in [0.15, 0.2) is 55.2 Å². The van der Waals surface area contributed by atoms with Gasteiger partial charge in [-0.15, -0.1) is 0 Å². The van der Waals surface area contributed by atoms with Gasteiger partial charge in [-0.05, 0) is 92.9 Å². The average molecular weight is 645 g/mol. The standard InChI is InChI=1S/C36H36N8O2S/c1-20-9-25(15-37-32(20)42-35-41-28-5-3-4-6-29(28)47-35)43-19-39-31-30(34(45)46)27(16-38-33(31)43)26-17-40-44(21(26)2)18-36-12-22-7-8-23(13-36)11-24(10-22)14-36/h3-6,9,15-17,19,22-24H,7-8,10-14,18H2,1-2H3,(H,45,46)(H,37,41,42). The van der Waals surface area contributed by atoms with Crippen LogP contribution in [0.2, 0.25) is 0 Å². The van der Waals surface area contributed by atoms with Gasteiger partial charge in [-0.2, -0.15) is 5.10 Å². The second kappa shape index (κ2) is 10.7. The zero-order valence-corrected chi connectivity index (χ0v) is 27.3. The third kappa shape index (κ3) is 4.81. The van der Waals surface area contributed by atoms with E-state index in [2.05, 4.69) is 31.9 Å². The number of nitrogens with zero attached hydrogens (tertiary/aromatic N) is 7. The van der Waals surface area contributed by atoms with Crippen molar-refractivity contribution in [1.29, 1.82) is 0 Å². The molecule has 5 aromatic heterocycles. The highest BCUT2D eigenvalue weighted by Gasteiger charge is 2.48. The van der Waals surface area contributed by atoms with E-state index >= 15 is 0 Å². The van der Waals surface area contributed by atoms with Gasteiger partial charge in [0.1, 0.15) is 17.7 Å². The highest BCUT2D eigenvalue weighted by molar-refractivity contribution is 7.22. The van der Waals surface area contributed by atoms with Crippen molar-refractivity contribution in [3.05, 3.63) is 72.1 Å². The molecule has 0 amide bonds. The molecule has 6 aromatic rings. The van der Waals surface area contributed by atoms with Gasteiger partial charge in [-0.1, -0.05) is 36.3 Å². The largest absolute Gasteiger partial charge is 0.478 e. The zero-order valence-electron chi connectivity index (χ0n) is 26.5. The number of aromatic carboxylic acids is 1. The molecule has 10 nitrogen and oxygen atoms in total. The Bertz CT molecular complexity index is 2150. The van der Waals surface area contributed by atoms with Crippen molar-refractivity contribution in [2.24, 2.45) is 23.2 Å². The molecule has 47 heavy (non-hydrogen) atoms.